The summed E-state index contributed by atoms with van der Waals surface area (Å²) in [6.45, 7) is 0.611. The normalized spacial score (nSPS) is 9.75. The molecule has 0 unspecified atom stereocenters. The first-order chi connectivity index (χ1) is 4.83. The van der Waals surface area contributed by atoms with Gasteiger partial charge in [0, 0.05) is 0 Å². The molecular formula is C5H7KO6. The smallest absolute Gasteiger partial charge is 1.00 e. The van der Waals surface area contributed by atoms with Crippen molar-refractivity contribution in [1.29, 1.82) is 0 Å². The van der Waals surface area contributed by atoms with Crippen LogP contribution in [0, 0.1) is 5.41 Å². The molecular weight excluding hydrogens is 195 g/mol. The standard InChI is InChI=1S/C5H6O6.K.H/c1-5(2(6)7,3(8)9)4(10)11;;/h1H3,(H,6,7)(H,8,9)(H,10,11);;/q;+1;-1. The van der Waals surface area contributed by atoms with Crippen molar-refractivity contribution in [2.75, 3.05) is 0 Å². The molecule has 0 aromatic rings. The van der Waals surface area contributed by atoms with Gasteiger partial charge in [-0.2, -0.15) is 0 Å². The molecule has 0 bridgehead atoms. The molecule has 0 spiro atoms. The van der Waals surface area contributed by atoms with Gasteiger partial charge < -0.3 is 16.7 Å². The van der Waals surface area contributed by atoms with Crippen LogP contribution in [-0.2, 0) is 14.4 Å². The second-order valence-electron chi connectivity index (χ2n) is 2.04. The Morgan fingerprint density at radius 1 is 1.00 bits per heavy atom. The van der Waals surface area contributed by atoms with Gasteiger partial charge in [-0.25, -0.2) is 0 Å². The molecule has 7 heteroatoms. The Hall–Kier alpha value is 0.0464. The molecule has 64 valence electrons. The van der Waals surface area contributed by atoms with Crippen molar-refractivity contribution < 1.29 is 82.5 Å². The average molecular weight is 202 g/mol. The minimum Gasteiger partial charge on any atom is -1.00 e. The number of carboxylic acid groups (broad SMARTS) is 3. The van der Waals surface area contributed by atoms with Crippen molar-refractivity contribution in [3.8, 4) is 0 Å². The molecule has 0 amide bonds. The quantitative estimate of drug-likeness (QED) is 0.321. The molecule has 0 aliphatic rings. The second-order valence-corrected chi connectivity index (χ2v) is 2.04. The van der Waals surface area contributed by atoms with E-state index in [1.807, 2.05) is 0 Å². The molecule has 0 rings (SSSR count). The molecule has 0 atom stereocenters. The Kier molecular flexibility index (Phi) is 5.98. The summed E-state index contributed by atoms with van der Waals surface area (Å²) in [5.41, 5.74) is -2.75. The number of carboxylic acids is 3. The maximum atomic E-state index is 10.1. The van der Waals surface area contributed by atoms with Crippen LogP contribution in [0.5, 0.6) is 0 Å². The maximum absolute atomic E-state index is 10.1. The first-order valence-electron chi connectivity index (χ1n) is 2.53. The van der Waals surface area contributed by atoms with Gasteiger partial charge in [0.15, 0.2) is 0 Å². The van der Waals surface area contributed by atoms with E-state index in [1.54, 1.807) is 0 Å². The third-order valence-corrected chi connectivity index (χ3v) is 1.28. The molecule has 0 heterocycles. The van der Waals surface area contributed by atoms with Crippen LogP contribution in [0.25, 0.3) is 0 Å². The summed E-state index contributed by atoms with van der Waals surface area (Å²) >= 11 is 0. The molecule has 0 aliphatic heterocycles. The first-order valence-corrected chi connectivity index (χ1v) is 2.53. The summed E-state index contributed by atoms with van der Waals surface area (Å²) in [6.07, 6.45) is 0. The molecule has 12 heavy (non-hydrogen) atoms. The van der Waals surface area contributed by atoms with E-state index in [0.29, 0.717) is 6.92 Å². The van der Waals surface area contributed by atoms with Gasteiger partial charge in [0.25, 0.3) is 5.41 Å². The monoisotopic (exact) mass is 202 g/mol. The topological polar surface area (TPSA) is 112 Å². The molecule has 3 N–H and O–H groups in total. The van der Waals surface area contributed by atoms with Gasteiger partial charge in [-0.1, -0.05) is 0 Å². The third-order valence-electron chi connectivity index (χ3n) is 1.28. The Balaban J connectivity index is -0.000000500. The second kappa shape index (κ2) is 4.92. The minimum absolute atomic E-state index is 0. The molecule has 0 aliphatic carbocycles. The summed E-state index contributed by atoms with van der Waals surface area (Å²) in [7, 11) is 0. The third kappa shape index (κ3) is 2.52. The number of rotatable bonds is 3. The van der Waals surface area contributed by atoms with Crippen molar-refractivity contribution in [2.24, 2.45) is 5.41 Å². The molecule has 0 aromatic heterocycles. The molecule has 0 radical (unpaired) electrons. The van der Waals surface area contributed by atoms with Gasteiger partial charge in [-0.15, -0.1) is 0 Å². The number of hydrogen-bond acceptors (Lipinski definition) is 3. The van der Waals surface area contributed by atoms with Gasteiger partial charge in [0.1, 0.15) is 0 Å². The molecule has 0 saturated heterocycles. The zero-order valence-corrected chi connectivity index (χ0v) is 9.69. The first kappa shape index (κ1) is 14.6. The summed E-state index contributed by atoms with van der Waals surface area (Å²) in [5, 5.41) is 24.6. The zero-order chi connectivity index (χ0) is 9.23. The van der Waals surface area contributed by atoms with Gasteiger partial charge in [0.2, 0.25) is 0 Å². The van der Waals surface area contributed by atoms with Gasteiger partial charge in [-0.3, -0.25) is 14.4 Å². The van der Waals surface area contributed by atoms with Crippen molar-refractivity contribution in [3.05, 3.63) is 0 Å². The van der Waals surface area contributed by atoms with Crippen LogP contribution in [0.1, 0.15) is 8.35 Å². The number of hydrogen-bond donors (Lipinski definition) is 3. The van der Waals surface area contributed by atoms with Crippen LogP contribution in [0.2, 0.25) is 0 Å². The Morgan fingerprint density at radius 3 is 1.17 bits per heavy atom. The number of carbonyl (C=O) groups is 3. The van der Waals surface area contributed by atoms with Gasteiger partial charge >= 0.3 is 69.3 Å². The van der Waals surface area contributed by atoms with Crippen molar-refractivity contribution in [2.45, 2.75) is 6.92 Å². The van der Waals surface area contributed by atoms with Crippen LogP contribution in [0.4, 0.5) is 0 Å². The fourth-order valence-corrected chi connectivity index (χ4v) is 0.274. The summed E-state index contributed by atoms with van der Waals surface area (Å²) in [6, 6.07) is 0. The summed E-state index contributed by atoms with van der Waals surface area (Å²) < 4.78 is 0. The van der Waals surface area contributed by atoms with E-state index in [9.17, 15) is 14.4 Å². The van der Waals surface area contributed by atoms with Crippen LogP contribution in [-0.4, -0.2) is 33.2 Å². The average Bonchev–Trinajstić information content (AvgIpc) is 1.84. The van der Waals surface area contributed by atoms with Gasteiger partial charge in [-0.05, 0) is 6.92 Å². The van der Waals surface area contributed by atoms with E-state index in [1.165, 1.54) is 0 Å². The van der Waals surface area contributed by atoms with Crippen LogP contribution < -0.4 is 51.4 Å². The predicted molar refractivity (Wildman–Crippen MR) is 32.1 cm³/mol. The van der Waals surface area contributed by atoms with Crippen LogP contribution >= 0.6 is 0 Å². The predicted octanol–water partition coefficient (Wildman–Crippen LogP) is -3.64. The fraction of sp³-hybridized carbons (Fsp3) is 0.400. The van der Waals surface area contributed by atoms with Crippen LogP contribution in [0.3, 0.4) is 0 Å². The van der Waals surface area contributed by atoms with E-state index in [2.05, 4.69) is 0 Å². The van der Waals surface area contributed by atoms with Crippen molar-refractivity contribution in [1.82, 2.24) is 0 Å². The molecule has 0 saturated carbocycles. The van der Waals surface area contributed by atoms with E-state index < -0.39 is 23.3 Å². The largest absolute Gasteiger partial charge is 1.00 e. The Morgan fingerprint density at radius 2 is 1.17 bits per heavy atom. The molecule has 6 nitrogen and oxygen atoms in total. The minimum atomic E-state index is -2.75. The van der Waals surface area contributed by atoms with Crippen molar-refractivity contribution >= 4 is 17.9 Å². The summed E-state index contributed by atoms with van der Waals surface area (Å²) in [4.78, 5) is 30.4. The van der Waals surface area contributed by atoms with E-state index in [0.717, 1.165) is 0 Å². The van der Waals surface area contributed by atoms with Crippen LogP contribution in [0.15, 0.2) is 0 Å². The van der Waals surface area contributed by atoms with E-state index >= 15 is 0 Å². The van der Waals surface area contributed by atoms with E-state index in [-0.39, 0.29) is 52.8 Å². The molecule has 0 fully saturated rings. The number of aliphatic carboxylic acids is 3. The molecule has 0 aromatic carbocycles. The Bertz CT molecular complexity index is 191. The maximum Gasteiger partial charge on any atom is 1.00 e. The van der Waals surface area contributed by atoms with E-state index in [4.69, 9.17) is 15.3 Å². The fourth-order valence-electron chi connectivity index (χ4n) is 0.274. The summed E-state index contributed by atoms with van der Waals surface area (Å²) in [5.74, 6) is -5.67. The van der Waals surface area contributed by atoms with Gasteiger partial charge in [0.05, 0.1) is 0 Å². The zero-order valence-electron chi connectivity index (χ0n) is 7.57. The SMILES string of the molecule is CC(C(=O)O)(C(=O)O)C(=O)O.[H-].[K+]. The Labute approximate surface area is 111 Å². The van der Waals surface area contributed by atoms with Crippen molar-refractivity contribution in [3.63, 3.8) is 0 Å².